The summed E-state index contributed by atoms with van der Waals surface area (Å²) in [6.45, 7) is 9.51. The molecule has 0 bridgehead atoms. The first kappa shape index (κ1) is 13.8. The fourth-order valence-corrected chi connectivity index (χ4v) is 4.42. The van der Waals surface area contributed by atoms with Crippen LogP contribution in [0.4, 0.5) is 0 Å². The van der Waals surface area contributed by atoms with Crippen LogP contribution >= 0.6 is 0 Å². The monoisotopic (exact) mass is 265 g/mol. The van der Waals surface area contributed by atoms with Crippen molar-refractivity contribution in [3.8, 4) is 0 Å². The van der Waals surface area contributed by atoms with Gasteiger partial charge in [-0.2, -0.15) is 0 Å². The van der Waals surface area contributed by atoms with E-state index in [2.05, 4.69) is 45.1 Å². The van der Waals surface area contributed by atoms with Gasteiger partial charge in [0.25, 0.3) is 0 Å². The second-order valence-electron chi connectivity index (χ2n) is 5.29. The fourth-order valence-electron chi connectivity index (χ4n) is 2.75. The molecule has 3 unspecified atom stereocenters. The van der Waals surface area contributed by atoms with Crippen LogP contribution in [0.2, 0.25) is 0 Å². The smallest absolute Gasteiger partial charge is 0.0564 e. The summed E-state index contributed by atoms with van der Waals surface area (Å²) in [5.74, 6) is 0. The van der Waals surface area contributed by atoms with Gasteiger partial charge in [-0.1, -0.05) is 26.0 Å². The maximum Gasteiger partial charge on any atom is 0.0564 e. The average molecular weight is 265 g/mol. The summed E-state index contributed by atoms with van der Waals surface area (Å²) >= 11 is 0. The van der Waals surface area contributed by atoms with Crippen LogP contribution in [0.15, 0.2) is 17.0 Å². The van der Waals surface area contributed by atoms with Gasteiger partial charge < -0.3 is 5.32 Å². The molecule has 1 aliphatic heterocycles. The number of aryl methyl sites for hydroxylation is 2. The summed E-state index contributed by atoms with van der Waals surface area (Å²) in [5, 5.41) is 3.85. The van der Waals surface area contributed by atoms with E-state index >= 15 is 0 Å². The van der Waals surface area contributed by atoms with Gasteiger partial charge in [0.05, 0.1) is 10.8 Å². The lowest BCUT2D eigenvalue weighted by atomic mass is 9.94. The Morgan fingerprint density at radius 1 is 1.33 bits per heavy atom. The minimum absolute atomic E-state index is 0.243. The zero-order valence-electron chi connectivity index (χ0n) is 11.7. The van der Waals surface area contributed by atoms with Gasteiger partial charge in [0, 0.05) is 16.2 Å². The molecule has 2 rings (SSSR count). The van der Waals surface area contributed by atoms with Crippen molar-refractivity contribution >= 4 is 10.8 Å². The lowest BCUT2D eigenvalue weighted by Crippen LogP contribution is -2.33. The van der Waals surface area contributed by atoms with E-state index in [0.717, 1.165) is 24.3 Å². The summed E-state index contributed by atoms with van der Waals surface area (Å²) in [4.78, 5) is 1.09. The zero-order valence-corrected chi connectivity index (χ0v) is 12.6. The molecule has 0 amide bonds. The first-order valence-electron chi connectivity index (χ1n) is 6.80. The highest BCUT2D eigenvalue weighted by atomic mass is 32.2. The molecule has 0 saturated carbocycles. The van der Waals surface area contributed by atoms with Crippen LogP contribution in [0, 0.1) is 13.8 Å². The number of fused-ring (bicyclic) bond motifs is 1. The summed E-state index contributed by atoms with van der Waals surface area (Å²) in [6, 6.07) is 4.62. The van der Waals surface area contributed by atoms with Crippen molar-refractivity contribution in [2.75, 3.05) is 6.54 Å². The Kier molecular flexibility index (Phi) is 4.23. The minimum atomic E-state index is -0.848. The third-order valence-electron chi connectivity index (χ3n) is 3.73. The Morgan fingerprint density at radius 3 is 2.67 bits per heavy atom. The number of hydrogen-bond donors (Lipinski definition) is 1. The van der Waals surface area contributed by atoms with Gasteiger partial charge in [0.15, 0.2) is 0 Å². The topological polar surface area (TPSA) is 29.1 Å². The first-order chi connectivity index (χ1) is 8.56. The maximum atomic E-state index is 12.5. The standard InChI is InChI=1S/C15H23NOS/c1-5-8-16-13-9-12(4)18(17)15-11(3)7-6-10(2)14(13)15/h6-7,12-13,16H,5,8-9H2,1-4H3. The van der Waals surface area contributed by atoms with E-state index in [1.165, 1.54) is 16.7 Å². The SMILES string of the molecule is CCCNC1CC(C)S(=O)c2c(C)ccc(C)c21. The third-order valence-corrected chi connectivity index (χ3v) is 5.60. The Hall–Kier alpha value is -0.670. The predicted octanol–water partition coefficient (Wildman–Crippen LogP) is 3.24. The molecule has 1 aliphatic rings. The van der Waals surface area contributed by atoms with Gasteiger partial charge in [-0.15, -0.1) is 0 Å². The van der Waals surface area contributed by atoms with Crippen LogP contribution in [0.1, 0.15) is 49.4 Å². The molecule has 0 aliphatic carbocycles. The molecule has 2 nitrogen and oxygen atoms in total. The van der Waals surface area contributed by atoms with Crippen LogP contribution in [-0.4, -0.2) is 16.0 Å². The predicted molar refractivity (Wildman–Crippen MR) is 77.4 cm³/mol. The first-order valence-corrected chi connectivity index (χ1v) is 8.01. The normalized spacial score (nSPS) is 27.0. The van der Waals surface area contributed by atoms with Crippen molar-refractivity contribution in [3.05, 3.63) is 28.8 Å². The van der Waals surface area contributed by atoms with Crippen LogP contribution in [0.25, 0.3) is 0 Å². The van der Waals surface area contributed by atoms with Gasteiger partial charge in [0.1, 0.15) is 0 Å². The molecule has 3 heteroatoms. The van der Waals surface area contributed by atoms with E-state index in [1.807, 2.05) is 0 Å². The summed E-state index contributed by atoms with van der Waals surface area (Å²) in [5.41, 5.74) is 3.73. The molecule has 18 heavy (non-hydrogen) atoms. The van der Waals surface area contributed by atoms with Gasteiger partial charge in [-0.3, -0.25) is 4.21 Å². The van der Waals surface area contributed by atoms with E-state index in [0.29, 0.717) is 6.04 Å². The average Bonchev–Trinajstić information content (AvgIpc) is 2.35. The van der Waals surface area contributed by atoms with E-state index in [9.17, 15) is 4.21 Å². The van der Waals surface area contributed by atoms with Crippen LogP contribution in [0.5, 0.6) is 0 Å². The van der Waals surface area contributed by atoms with E-state index in [1.54, 1.807) is 0 Å². The Morgan fingerprint density at radius 2 is 2.00 bits per heavy atom. The lowest BCUT2D eigenvalue weighted by molar-refractivity contribution is 0.475. The molecule has 0 saturated heterocycles. The van der Waals surface area contributed by atoms with Gasteiger partial charge in [0.2, 0.25) is 0 Å². The highest BCUT2D eigenvalue weighted by molar-refractivity contribution is 7.85. The molecule has 100 valence electrons. The molecule has 0 aromatic heterocycles. The number of benzene rings is 1. The molecule has 0 radical (unpaired) electrons. The summed E-state index contributed by atoms with van der Waals surface area (Å²) < 4.78 is 12.5. The summed E-state index contributed by atoms with van der Waals surface area (Å²) in [7, 11) is -0.848. The molecular weight excluding hydrogens is 242 g/mol. The molecule has 3 atom stereocenters. The molecule has 1 heterocycles. The lowest BCUT2D eigenvalue weighted by Gasteiger charge is -2.32. The highest BCUT2D eigenvalue weighted by Crippen LogP contribution is 2.37. The number of hydrogen-bond acceptors (Lipinski definition) is 2. The zero-order chi connectivity index (χ0) is 13.3. The quantitative estimate of drug-likeness (QED) is 0.909. The van der Waals surface area contributed by atoms with Gasteiger partial charge in [-0.05, 0) is 49.9 Å². The van der Waals surface area contributed by atoms with Crippen molar-refractivity contribution in [2.24, 2.45) is 0 Å². The molecule has 1 N–H and O–H groups in total. The molecule has 0 fully saturated rings. The Labute approximate surface area is 113 Å². The second-order valence-corrected chi connectivity index (χ2v) is 7.10. The Bertz CT molecular complexity index is 470. The van der Waals surface area contributed by atoms with Crippen molar-refractivity contribution in [3.63, 3.8) is 0 Å². The number of rotatable bonds is 3. The molecular formula is C15H23NOS. The van der Waals surface area contributed by atoms with Crippen molar-refractivity contribution in [2.45, 2.75) is 56.7 Å². The van der Waals surface area contributed by atoms with Gasteiger partial charge in [-0.25, -0.2) is 0 Å². The van der Waals surface area contributed by atoms with Crippen LogP contribution in [-0.2, 0) is 10.8 Å². The highest BCUT2D eigenvalue weighted by Gasteiger charge is 2.31. The largest absolute Gasteiger partial charge is 0.310 e. The van der Waals surface area contributed by atoms with Crippen molar-refractivity contribution in [1.29, 1.82) is 0 Å². The van der Waals surface area contributed by atoms with Gasteiger partial charge >= 0.3 is 0 Å². The second kappa shape index (κ2) is 5.54. The molecule has 0 spiro atoms. The molecule has 1 aromatic rings. The maximum absolute atomic E-state index is 12.5. The third kappa shape index (κ3) is 2.39. The Balaban J connectivity index is 2.48. The fraction of sp³-hybridized carbons (Fsp3) is 0.600. The van der Waals surface area contributed by atoms with Crippen LogP contribution < -0.4 is 5.32 Å². The van der Waals surface area contributed by atoms with E-state index < -0.39 is 10.8 Å². The molecule has 1 aromatic carbocycles. The van der Waals surface area contributed by atoms with Crippen molar-refractivity contribution < 1.29 is 4.21 Å². The number of nitrogens with one attached hydrogen (secondary N) is 1. The van der Waals surface area contributed by atoms with Crippen LogP contribution in [0.3, 0.4) is 0 Å². The minimum Gasteiger partial charge on any atom is -0.310 e. The van der Waals surface area contributed by atoms with Crippen molar-refractivity contribution in [1.82, 2.24) is 5.32 Å². The van der Waals surface area contributed by atoms with E-state index in [-0.39, 0.29) is 5.25 Å². The van der Waals surface area contributed by atoms with E-state index in [4.69, 9.17) is 0 Å². The summed E-state index contributed by atoms with van der Waals surface area (Å²) in [6.07, 6.45) is 2.11.